The summed E-state index contributed by atoms with van der Waals surface area (Å²) in [6, 6.07) is 0. The Hall–Kier alpha value is 0.255. The standard InChI is InChI=1S/C12H23BO4S/c1-8(2)9(3,4)12(16,17)11(13,15)7(6-18)10(8,5)14/h7,14-18H,6H2,1-5H3. The zero-order valence-electron chi connectivity index (χ0n) is 11.6. The van der Waals surface area contributed by atoms with Gasteiger partial charge in [0, 0.05) is 16.7 Å². The van der Waals surface area contributed by atoms with Crippen LogP contribution in [0.4, 0.5) is 0 Å². The molecule has 0 heterocycles. The maximum Gasteiger partial charge on any atom is 0.189 e. The molecule has 0 bridgehead atoms. The molecule has 104 valence electrons. The maximum atomic E-state index is 10.8. The molecule has 1 rings (SSSR count). The summed E-state index contributed by atoms with van der Waals surface area (Å²) in [7, 11) is 5.73. The smallest absolute Gasteiger partial charge is 0.189 e. The van der Waals surface area contributed by atoms with Gasteiger partial charge in [-0.25, -0.2) is 0 Å². The van der Waals surface area contributed by atoms with E-state index in [4.69, 9.17) is 7.85 Å². The molecule has 4 nitrogen and oxygen atoms in total. The Balaban J connectivity index is 3.59. The summed E-state index contributed by atoms with van der Waals surface area (Å²) in [5, 5.41) is 41.8. The SMILES string of the molecule is [B]C1(O)C(CS)C(C)(O)C(C)(C)C(C)(C)C1(O)O. The second kappa shape index (κ2) is 3.89. The van der Waals surface area contributed by atoms with Gasteiger partial charge in [0.25, 0.3) is 0 Å². The van der Waals surface area contributed by atoms with E-state index >= 15 is 0 Å². The highest BCUT2D eigenvalue weighted by Crippen LogP contribution is 2.63. The second-order valence-electron chi connectivity index (χ2n) is 6.63. The van der Waals surface area contributed by atoms with E-state index in [-0.39, 0.29) is 5.75 Å². The summed E-state index contributed by atoms with van der Waals surface area (Å²) in [6.45, 7) is 8.12. The van der Waals surface area contributed by atoms with Crippen molar-refractivity contribution in [2.75, 3.05) is 5.75 Å². The molecule has 0 saturated heterocycles. The molecule has 1 aliphatic rings. The second-order valence-corrected chi connectivity index (χ2v) is 7.00. The molecule has 2 radical (unpaired) electrons. The van der Waals surface area contributed by atoms with E-state index < -0.39 is 33.6 Å². The third kappa shape index (κ3) is 1.50. The Kier molecular flexibility index (Phi) is 3.52. The first kappa shape index (κ1) is 16.3. The topological polar surface area (TPSA) is 80.9 Å². The molecule has 0 aromatic rings. The molecule has 1 fully saturated rings. The lowest BCUT2D eigenvalue weighted by Gasteiger charge is -2.68. The van der Waals surface area contributed by atoms with Gasteiger partial charge in [0.15, 0.2) is 5.79 Å². The Morgan fingerprint density at radius 3 is 1.67 bits per heavy atom. The first-order valence-electron chi connectivity index (χ1n) is 5.98. The van der Waals surface area contributed by atoms with Crippen LogP contribution in [-0.4, -0.2) is 50.9 Å². The molecule has 1 saturated carbocycles. The molecular weight excluding hydrogens is 251 g/mol. The fourth-order valence-electron chi connectivity index (χ4n) is 2.99. The van der Waals surface area contributed by atoms with Crippen molar-refractivity contribution < 1.29 is 20.4 Å². The summed E-state index contributed by atoms with van der Waals surface area (Å²) in [5.41, 5.74) is -5.89. The Morgan fingerprint density at radius 1 is 0.944 bits per heavy atom. The third-order valence-corrected chi connectivity index (χ3v) is 6.02. The minimum atomic E-state index is -2.54. The van der Waals surface area contributed by atoms with Gasteiger partial charge < -0.3 is 20.4 Å². The van der Waals surface area contributed by atoms with E-state index in [0.717, 1.165) is 0 Å². The van der Waals surface area contributed by atoms with Crippen molar-refractivity contribution in [3.05, 3.63) is 0 Å². The van der Waals surface area contributed by atoms with E-state index in [1.54, 1.807) is 34.6 Å². The van der Waals surface area contributed by atoms with Gasteiger partial charge in [-0.1, -0.05) is 27.7 Å². The molecule has 0 aromatic carbocycles. The summed E-state index contributed by atoms with van der Waals surface area (Å²) in [5.74, 6) is -3.49. The van der Waals surface area contributed by atoms with Crippen LogP contribution in [-0.2, 0) is 0 Å². The van der Waals surface area contributed by atoms with Crippen LogP contribution in [0.2, 0.25) is 0 Å². The maximum absolute atomic E-state index is 10.8. The molecule has 0 amide bonds. The van der Waals surface area contributed by atoms with Crippen molar-refractivity contribution in [3.63, 3.8) is 0 Å². The van der Waals surface area contributed by atoms with E-state index in [9.17, 15) is 20.4 Å². The largest absolute Gasteiger partial charge is 0.394 e. The van der Waals surface area contributed by atoms with Crippen molar-refractivity contribution >= 4 is 20.5 Å². The predicted octanol–water partition coefficient (Wildman–Crippen LogP) is -0.113. The Morgan fingerprint density at radius 2 is 1.33 bits per heavy atom. The van der Waals surface area contributed by atoms with Crippen molar-refractivity contribution in [3.8, 4) is 0 Å². The molecule has 3 unspecified atom stereocenters. The normalized spacial score (nSPS) is 45.8. The van der Waals surface area contributed by atoms with Gasteiger partial charge in [-0.05, 0) is 12.7 Å². The molecular formula is C12H23BO4S. The van der Waals surface area contributed by atoms with Crippen LogP contribution in [0.5, 0.6) is 0 Å². The van der Waals surface area contributed by atoms with E-state index in [1.807, 2.05) is 0 Å². The van der Waals surface area contributed by atoms with Crippen molar-refractivity contribution in [2.24, 2.45) is 16.7 Å². The monoisotopic (exact) mass is 274 g/mol. The summed E-state index contributed by atoms with van der Waals surface area (Å²) < 4.78 is 0. The average molecular weight is 274 g/mol. The number of aliphatic hydroxyl groups is 4. The third-order valence-electron chi connectivity index (χ3n) is 5.65. The lowest BCUT2D eigenvalue weighted by molar-refractivity contribution is -0.391. The highest BCUT2D eigenvalue weighted by atomic mass is 32.1. The van der Waals surface area contributed by atoms with Gasteiger partial charge in [0.05, 0.1) is 11.1 Å². The highest BCUT2D eigenvalue weighted by Gasteiger charge is 2.73. The number of hydrogen-bond donors (Lipinski definition) is 5. The first-order chi connectivity index (χ1) is 7.69. The van der Waals surface area contributed by atoms with E-state index in [1.165, 1.54) is 0 Å². The van der Waals surface area contributed by atoms with Crippen LogP contribution in [0.3, 0.4) is 0 Å². The van der Waals surface area contributed by atoms with Crippen molar-refractivity contribution in [2.45, 2.75) is 51.5 Å². The number of thiol groups is 1. The van der Waals surface area contributed by atoms with Gasteiger partial charge in [0.2, 0.25) is 0 Å². The quantitative estimate of drug-likeness (QED) is 0.262. The van der Waals surface area contributed by atoms with Crippen LogP contribution < -0.4 is 0 Å². The van der Waals surface area contributed by atoms with Gasteiger partial charge >= 0.3 is 0 Å². The molecule has 18 heavy (non-hydrogen) atoms. The minimum Gasteiger partial charge on any atom is -0.394 e. The molecule has 6 heteroatoms. The summed E-state index contributed by atoms with van der Waals surface area (Å²) in [4.78, 5) is 0. The van der Waals surface area contributed by atoms with Gasteiger partial charge in [-0.15, -0.1) is 0 Å². The molecule has 0 spiro atoms. The lowest BCUT2D eigenvalue weighted by Crippen LogP contribution is -2.81. The predicted molar refractivity (Wildman–Crippen MR) is 73.4 cm³/mol. The van der Waals surface area contributed by atoms with Gasteiger partial charge in [-0.3, -0.25) is 0 Å². The first-order valence-corrected chi connectivity index (χ1v) is 6.62. The number of rotatable bonds is 1. The van der Waals surface area contributed by atoms with Crippen LogP contribution in [0, 0.1) is 16.7 Å². The molecule has 4 N–H and O–H groups in total. The van der Waals surface area contributed by atoms with Crippen LogP contribution in [0.25, 0.3) is 0 Å². The highest BCUT2D eigenvalue weighted by molar-refractivity contribution is 7.80. The van der Waals surface area contributed by atoms with Crippen LogP contribution >= 0.6 is 12.6 Å². The van der Waals surface area contributed by atoms with E-state index in [0.29, 0.717) is 0 Å². The molecule has 3 atom stereocenters. The molecule has 0 aliphatic heterocycles. The van der Waals surface area contributed by atoms with Crippen LogP contribution in [0.15, 0.2) is 0 Å². The Labute approximate surface area is 115 Å². The van der Waals surface area contributed by atoms with Gasteiger partial charge in [0.1, 0.15) is 7.85 Å². The summed E-state index contributed by atoms with van der Waals surface area (Å²) in [6.07, 6.45) is 0. The van der Waals surface area contributed by atoms with Crippen LogP contribution in [0.1, 0.15) is 34.6 Å². The Bertz CT molecular complexity index is 320. The molecule has 1 aliphatic carbocycles. The fourth-order valence-corrected chi connectivity index (χ4v) is 3.63. The molecule has 0 aromatic heterocycles. The lowest BCUT2D eigenvalue weighted by atomic mass is 9.40. The van der Waals surface area contributed by atoms with Crippen molar-refractivity contribution in [1.29, 1.82) is 0 Å². The number of hydrogen-bond acceptors (Lipinski definition) is 5. The minimum absolute atomic E-state index is 0.0301. The zero-order valence-corrected chi connectivity index (χ0v) is 12.5. The van der Waals surface area contributed by atoms with E-state index in [2.05, 4.69) is 12.6 Å². The zero-order chi connectivity index (χ0) is 14.8. The summed E-state index contributed by atoms with van der Waals surface area (Å²) >= 11 is 4.08. The average Bonchev–Trinajstić information content (AvgIpc) is 2.15. The fraction of sp³-hybridized carbons (Fsp3) is 1.00. The van der Waals surface area contributed by atoms with Crippen molar-refractivity contribution in [1.82, 2.24) is 0 Å². The van der Waals surface area contributed by atoms with Gasteiger partial charge in [-0.2, -0.15) is 12.6 Å².